The average Bonchev–Trinajstić information content (AvgIpc) is 2.42. The van der Waals surface area contributed by atoms with Crippen LogP contribution in [0, 0.1) is 17.2 Å². The number of hydrogen-bond donors (Lipinski definition) is 1. The van der Waals surface area contributed by atoms with Gasteiger partial charge in [0.25, 0.3) is 0 Å². The molecule has 1 aliphatic rings. The molecule has 102 valence electrons. The predicted octanol–water partition coefficient (Wildman–Crippen LogP) is 0.926. The Kier molecular flexibility index (Phi) is 6.69. The summed E-state index contributed by atoms with van der Waals surface area (Å²) in [4.78, 5) is 13.6. The van der Waals surface area contributed by atoms with Gasteiger partial charge in [0.1, 0.15) is 0 Å². The molecule has 0 aromatic carbocycles. The molecule has 0 amide bonds. The SMILES string of the molecule is COC(=O)C(O)C1CCN(CCCCC#N)CC1. The number of aliphatic hydroxyl groups excluding tert-OH is 1. The van der Waals surface area contributed by atoms with Gasteiger partial charge in [-0.05, 0) is 51.2 Å². The van der Waals surface area contributed by atoms with Gasteiger partial charge >= 0.3 is 5.97 Å². The lowest BCUT2D eigenvalue weighted by molar-refractivity contribution is -0.154. The first kappa shape index (κ1) is 14.9. The largest absolute Gasteiger partial charge is 0.467 e. The number of carbonyl (C=O) groups excluding carboxylic acids is 1. The Balaban J connectivity index is 2.20. The first-order valence-corrected chi connectivity index (χ1v) is 6.54. The molecule has 5 heteroatoms. The second-order valence-corrected chi connectivity index (χ2v) is 4.76. The number of aliphatic hydroxyl groups is 1. The number of nitriles is 1. The molecule has 0 spiro atoms. The van der Waals surface area contributed by atoms with Crippen molar-refractivity contribution < 1.29 is 14.6 Å². The molecule has 1 fully saturated rings. The van der Waals surface area contributed by atoms with Gasteiger partial charge in [-0.25, -0.2) is 4.79 Å². The second kappa shape index (κ2) is 8.06. The van der Waals surface area contributed by atoms with E-state index in [2.05, 4.69) is 15.7 Å². The highest BCUT2D eigenvalue weighted by molar-refractivity contribution is 5.74. The lowest BCUT2D eigenvalue weighted by Gasteiger charge is -2.33. The van der Waals surface area contributed by atoms with Gasteiger partial charge in [0.05, 0.1) is 13.2 Å². The number of likely N-dealkylation sites (tertiary alicyclic amines) is 1. The maximum atomic E-state index is 11.2. The minimum atomic E-state index is -0.976. The van der Waals surface area contributed by atoms with Crippen LogP contribution in [0.3, 0.4) is 0 Å². The number of nitrogens with zero attached hydrogens (tertiary/aromatic N) is 2. The summed E-state index contributed by atoms with van der Waals surface area (Å²) in [7, 11) is 1.30. The summed E-state index contributed by atoms with van der Waals surface area (Å²) in [5.41, 5.74) is 0. The highest BCUT2D eigenvalue weighted by Gasteiger charge is 2.30. The van der Waals surface area contributed by atoms with Gasteiger partial charge in [-0.3, -0.25) is 0 Å². The van der Waals surface area contributed by atoms with Crippen LogP contribution in [-0.4, -0.2) is 48.8 Å². The molecule has 1 rings (SSSR count). The number of carbonyl (C=O) groups is 1. The molecule has 0 aromatic heterocycles. The topological polar surface area (TPSA) is 73.6 Å². The molecule has 18 heavy (non-hydrogen) atoms. The van der Waals surface area contributed by atoms with Crippen LogP contribution in [0.25, 0.3) is 0 Å². The third kappa shape index (κ3) is 4.63. The molecule has 1 unspecified atom stereocenters. The van der Waals surface area contributed by atoms with Crippen molar-refractivity contribution in [3.05, 3.63) is 0 Å². The summed E-state index contributed by atoms with van der Waals surface area (Å²) in [5.74, 6) is -0.504. The number of rotatable bonds is 6. The first-order chi connectivity index (χ1) is 8.69. The molecule has 1 saturated heterocycles. The highest BCUT2D eigenvalue weighted by atomic mass is 16.5. The van der Waals surface area contributed by atoms with E-state index in [1.165, 1.54) is 7.11 Å². The van der Waals surface area contributed by atoms with E-state index in [9.17, 15) is 9.90 Å². The Morgan fingerprint density at radius 1 is 1.50 bits per heavy atom. The first-order valence-electron chi connectivity index (χ1n) is 6.54. The Morgan fingerprint density at radius 2 is 2.17 bits per heavy atom. The van der Waals surface area contributed by atoms with Gasteiger partial charge in [0, 0.05) is 6.42 Å². The standard InChI is InChI=1S/C13H22N2O3/c1-18-13(17)12(16)11-5-9-15(10-6-11)8-4-2-3-7-14/h11-12,16H,2-6,8-10H2,1H3. The lowest BCUT2D eigenvalue weighted by atomic mass is 9.91. The number of esters is 1. The average molecular weight is 254 g/mol. The van der Waals surface area contributed by atoms with Crippen molar-refractivity contribution >= 4 is 5.97 Å². The molecular formula is C13H22N2O3. The zero-order valence-electron chi connectivity index (χ0n) is 11.0. The highest BCUT2D eigenvalue weighted by Crippen LogP contribution is 2.21. The fourth-order valence-electron chi connectivity index (χ4n) is 2.34. The fourth-order valence-corrected chi connectivity index (χ4v) is 2.34. The van der Waals surface area contributed by atoms with Crippen LogP contribution in [0.4, 0.5) is 0 Å². The van der Waals surface area contributed by atoms with Crippen LogP contribution in [0.1, 0.15) is 32.1 Å². The van der Waals surface area contributed by atoms with E-state index in [1.54, 1.807) is 0 Å². The van der Waals surface area contributed by atoms with Crippen molar-refractivity contribution in [2.24, 2.45) is 5.92 Å². The summed E-state index contributed by atoms with van der Waals surface area (Å²) in [6.07, 6.45) is 3.29. The fraction of sp³-hybridized carbons (Fsp3) is 0.846. The Labute approximate surface area is 108 Å². The second-order valence-electron chi connectivity index (χ2n) is 4.76. The molecule has 1 N–H and O–H groups in total. The van der Waals surface area contributed by atoms with Crippen LogP contribution >= 0.6 is 0 Å². The Bertz CT molecular complexity index is 293. The van der Waals surface area contributed by atoms with E-state index < -0.39 is 12.1 Å². The number of ether oxygens (including phenoxy) is 1. The van der Waals surface area contributed by atoms with Gasteiger partial charge in [-0.2, -0.15) is 5.26 Å². The Morgan fingerprint density at radius 3 is 2.72 bits per heavy atom. The number of piperidine rings is 1. The van der Waals surface area contributed by atoms with Crippen molar-refractivity contribution in [2.75, 3.05) is 26.7 Å². The molecule has 0 saturated carbocycles. The summed E-state index contributed by atoms with van der Waals surface area (Å²) in [6.45, 7) is 2.82. The van der Waals surface area contributed by atoms with Crippen molar-refractivity contribution in [1.29, 1.82) is 5.26 Å². The minimum Gasteiger partial charge on any atom is -0.467 e. The third-order valence-corrected chi connectivity index (χ3v) is 3.53. The molecule has 0 radical (unpaired) electrons. The van der Waals surface area contributed by atoms with E-state index in [0.29, 0.717) is 6.42 Å². The van der Waals surface area contributed by atoms with Crippen molar-refractivity contribution in [2.45, 2.75) is 38.2 Å². The third-order valence-electron chi connectivity index (χ3n) is 3.53. The zero-order valence-corrected chi connectivity index (χ0v) is 11.0. The van der Waals surface area contributed by atoms with Gasteiger partial charge in [0.15, 0.2) is 6.10 Å². The molecule has 1 heterocycles. The van der Waals surface area contributed by atoms with Gasteiger partial charge in [-0.1, -0.05) is 0 Å². The van der Waals surface area contributed by atoms with Crippen molar-refractivity contribution in [3.63, 3.8) is 0 Å². The van der Waals surface area contributed by atoms with E-state index in [1.807, 2.05) is 0 Å². The lowest BCUT2D eigenvalue weighted by Crippen LogP contribution is -2.41. The zero-order chi connectivity index (χ0) is 13.4. The van der Waals surface area contributed by atoms with Crippen LogP contribution in [0.5, 0.6) is 0 Å². The Hall–Kier alpha value is -1.12. The van der Waals surface area contributed by atoms with E-state index in [-0.39, 0.29) is 5.92 Å². The van der Waals surface area contributed by atoms with Gasteiger partial charge in [0.2, 0.25) is 0 Å². The van der Waals surface area contributed by atoms with Gasteiger partial charge in [-0.15, -0.1) is 0 Å². The summed E-state index contributed by atoms with van der Waals surface area (Å²) < 4.78 is 4.55. The molecule has 0 aromatic rings. The van der Waals surface area contributed by atoms with Crippen LogP contribution in [-0.2, 0) is 9.53 Å². The van der Waals surface area contributed by atoms with E-state index in [0.717, 1.165) is 45.3 Å². The monoisotopic (exact) mass is 254 g/mol. The quantitative estimate of drug-likeness (QED) is 0.564. The maximum Gasteiger partial charge on any atom is 0.334 e. The minimum absolute atomic E-state index is 0.0211. The van der Waals surface area contributed by atoms with Crippen LogP contribution in [0.2, 0.25) is 0 Å². The van der Waals surface area contributed by atoms with Crippen molar-refractivity contribution in [1.82, 2.24) is 4.90 Å². The smallest absolute Gasteiger partial charge is 0.334 e. The van der Waals surface area contributed by atoms with Crippen molar-refractivity contribution in [3.8, 4) is 6.07 Å². The molecule has 0 bridgehead atoms. The summed E-state index contributed by atoms with van der Waals surface area (Å²) >= 11 is 0. The molecule has 1 aliphatic heterocycles. The predicted molar refractivity (Wildman–Crippen MR) is 66.7 cm³/mol. The summed E-state index contributed by atoms with van der Waals surface area (Å²) in [6, 6.07) is 2.14. The number of unbranched alkanes of at least 4 members (excludes halogenated alkanes) is 2. The maximum absolute atomic E-state index is 11.2. The molecule has 1 atom stereocenters. The molecular weight excluding hydrogens is 232 g/mol. The summed E-state index contributed by atoms with van der Waals surface area (Å²) in [5, 5.41) is 18.2. The van der Waals surface area contributed by atoms with E-state index >= 15 is 0 Å². The normalized spacial score (nSPS) is 19.2. The number of hydrogen-bond acceptors (Lipinski definition) is 5. The number of methoxy groups -OCH3 is 1. The van der Waals surface area contributed by atoms with Gasteiger partial charge < -0.3 is 14.7 Å². The van der Waals surface area contributed by atoms with E-state index in [4.69, 9.17) is 5.26 Å². The molecule has 0 aliphatic carbocycles. The molecule has 5 nitrogen and oxygen atoms in total. The van der Waals surface area contributed by atoms with Crippen LogP contribution in [0.15, 0.2) is 0 Å². The van der Waals surface area contributed by atoms with Crippen LogP contribution < -0.4 is 0 Å².